The number of nitrogens with zero attached hydrogens (tertiary/aromatic N) is 2. The highest BCUT2D eigenvalue weighted by Gasteiger charge is 2.15. The number of hydrogen-bond donors (Lipinski definition) is 0. The third-order valence-electron chi connectivity index (χ3n) is 2.13. The zero-order valence-electron chi connectivity index (χ0n) is 9.13. The Hall–Kier alpha value is -0.660. The molecule has 0 saturated carbocycles. The first-order chi connectivity index (χ1) is 7.94. The molecule has 0 spiro atoms. The topological polar surface area (TPSA) is 52.0 Å². The second kappa shape index (κ2) is 4.91. The molecule has 0 atom stereocenters. The largest absolute Gasteiger partial charge is 0.276 e. The summed E-state index contributed by atoms with van der Waals surface area (Å²) in [6, 6.07) is 1.84. The molecule has 2 aromatic heterocycles. The van der Waals surface area contributed by atoms with Gasteiger partial charge in [-0.3, -0.25) is 4.68 Å². The Kier molecular flexibility index (Phi) is 3.70. The van der Waals surface area contributed by atoms with Gasteiger partial charge in [-0.2, -0.15) is 5.10 Å². The van der Waals surface area contributed by atoms with Gasteiger partial charge in [-0.05, 0) is 22.0 Å². The lowest BCUT2D eigenvalue weighted by Gasteiger charge is -2.00. The van der Waals surface area contributed by atoms with Crippen molar-refractivity contribution in [3.63, 3.8) is 0 Å². The monoisotopic (exact) mass is 334 g/mol. The maximum atomic E-state index is 11.9. The summed E-state index contributed by atoms with van der Waals surface area (Å²) < 4.78 is 26.4. The predicted octanol–water partition coefficient (Wildman–Crippen LogP) is 2.36. The Bertz CT molecular complexity index is 568. The van der Waals surface area contributed by atoms with Crippen LogP contribution in [0.4, 0.5) is 0 Å². The van der Waals surface area contributed by atoms with Crippen molar-refractivity contribution in [3.05, 3.63) is 38.8 Å². The van der Waals surface area contributed by atoms with Gasteiger partial charge in [0, 0.05) is 33.5 Å². The van der Waals surface area contributed by atoms with E-state index in [0.717, 1.165) is 14.9 Å². The van der Waals surface area contributed by atoms with Crippen molar-refractivity contribution in [2.45, 2.75) is 11.5 Å². The lowest BCUT2D eigenvalue weighted by molar-refractivity contribution is 0.595. The van der Waals surface area contributed by atoms with Crippen LogP contribution in [0.2, 0.25) is 0 Å². The number of sulfone groups is 1. The number of thiophene rings is 1. The van der Waals surface area contributed by atoms with E-state index in [1.807, 2.05) is 11.4 Å². The maximum Gasteiger partial charge on any atom is 0.159 e. The Balaban J connectivity index is 2.09. The molecule has 0 fully saturated rings. The number of hydrogen-bond acceptors (Lipinski definition) is 4. The highest BCUT2D eigenvalue weighted by atomic mass is 79.9. The molecule has 0 aliphatic heterocycles. The Morgan fingerprint density at radius 2 is 2.24 bits per heavy atom. The van der Waals surface area contributed by atoms with E-state index in [2.05, 4.69) is 21.0 Å². The number of aryl methyl sites for hydroxylation is 1. The SMILES string of the molecule is Cn1cc(CS(=O)(=O)Cc2cc(Br)cs2)cn1. The highest BCUT2D eigenvalue weighted by Crippen LogP contribution is 2.22. The van der Waals surface area contributed by atoms with Crippen LogP contribution in [-0.2, 0) is 28.4 Å². The first kappa shape index (κ1) is 12.8. The van der Waals surface area contributed by atoms with E-state index in [4.69, 9.17) is 0 Å². The minimum absolute atomic E-state index is 0.0381. The van der Waals surface area contributed by atoms with Gasteiger partial charge in [0.2, 0.25) is 0 Å². The third kappa shape index (κ3) is 3.65. The minimum atomic E-state index is -3.12. The summed E-state index contributed by atoms with van der Waals surface area (Å²) in [5.41, 5.74) is 0.725. The fourth-order valence-electron chi connectivity index (χ4n) is 1.50. The van der Waals surface area contributed by atoms with Crippen LogP contribution in [-0.4, -0.2) is 18.2 Å². The Labute approximate surface area is 112 Å². The zero-order chi connectivity index (χ0) is 12.5. The Morgan fingerprint density at radius 1 is 1.47 bits per heavy atom. The Morgan fingerprint density at radius 3 is 2.76 bits per heavy atom. The second-order valence-electron chi connectivity index (χ2n) is 3.79. The van der Waals surface area contributed by atoms with Crippen LogP contribution in [0.5, 0.6) is 0 Å². The average Bonchev–Trinajstić information content (AvgIpc) is 2.74. The summed E-state index contributed by atoms with van der Waals surface area (Å²) in [5.74, 6) is 0.120. The summed E-state index contributed by atoms with van der Waals surface area (Å²) >= 11 is 4.76. The maximum absolute atomic E-state index is 11.9. The lowest BCUT2D eigenvalue weighted by atomic mass is 10.4. The predicted molar refractivity (Wildman–Crippen MR) is 71.6 cm³/mol. The molecule has 0 aliphatic carbocycles. The van der Waals surface area contributed by atoms with E-state index in [0.29, 0.717) is 0 Å². The van der Waals surface area contributed by atoms with Crippen LogP contribution in [0.3, 0.4) is 0 Å². The standard InChI is InChI=1S/C10H11BrN2O2S2/c1-13-4-8(3-12-13)6-17(14,15)7-10-2-9(11)5-16-10/h2-5H,6-7H2,1H3. The number of halogens is 1. The van der Waals surface area contributed by atoms with Gasteiger partial charge < -0.3 is 0 Å². The van der Waals surface area contributed by atoms with Gasteiger partial charge in [0.1, 0.15) is 0 Å². The summed E-state index contributed by atoms with van der Waals surface area (Å²) in [5, 5.41) is 5.84. The zero-order valence-corrected chi connectivity index (χ0v) is 12.3. The minimum Gasteiger partial charge on any atom is -0.276 e. The van der Waals surface area contributed by atoms with Crippen LogP contribution in [0.25, 0.3) is 0 Å². The van der Waals surface area contributed by atoms with Crippen LogP contribution in [0, 0.1) is 0 Å². The van der Waals surface area contributed by atoms with Crippen molar-refractivity contribution >= 4 is 37.1 Å². The van der Waals surface area contributed by atoms with Gasteiger partial charge in [-0.1, -0.05) is 0 Å². The van der Waals surface area contributed by atoms with Gasteiger partial charge in [-0.25, -0.2) is 8.42 Å². The first-order valence-electron chi connectivity index (χ1n) is 4.85. The van der Waals surface area contributed by atoms with Crippen molar-refractivity contribution in [2.24, 2.45) is 7.05 Å². The van der Waals surface area contributed by atoms with Crippen molar-refractivity contribution < 1.29 is 8.42 Å². The molecule has 7 heteroatoms. The van der Waals surface area contributed by atoms with Crippen molar-refractivity contribution in [3.8, 4) is 0 Å². The third-order valence-corrected chi connectivity index (χ3v) is 5.53. The van der Waals surface area contributed by atoms with Gasteiger partial charge in [0.25, 0.3) is 0 Å². The molecule has 2 rings (SSSR count). The highest BCUT2D eigenvalue weighted by molar-refractivity contribution is 9.10. The molecule has 0 amide bonds. The van der Waals surface area contributed by atoms with E-state index in [-0.39, 0.29) is 11.5 Å². The first-order valence-corrected chi connectivity index (χ1v) is 8.35. The molecule has 0 aliphatic rings. The van der Waals surface area contributed by atoms with Gasteiger partial charge >= 0.3 is 0 Å². The molecule has 0 unspecified atom stereocenters. The smallest absolute Gasteiger partial charge is 0.159 e. The van der Waals surface area contributed by atoms with Crippen molar-refractivity contribution in [1.29, 1.82) is 0 Å². The molecule has 2 aromatic rings. The van der Waals surface area contributed by atoms with Crippen LogP contribution in [0.15, 0.2) is 28.3 Å². The van der Waals surface area contributed by atoms with Gasteiger partial charge in [0.15, 0.2) is 9.84 Å². The molecule has 0 aromatic carbocycles. The van der Waals surface area contributed by atoms with E-state index in [1.54, 1.807) is 24.1 Å². The summed E-state index contributed by atoms with van der Waals surface area (Å²) in [4.78, 5) is 0.848. The van der Waals surface area contributed by atoms with Crippen molar-refractivity contribution in [2.75, 3.05) is 0 Å². The van der Waals surface area contributed by atoms with E-state index in [1.165, 1.54) is 11.3 Å². The summed E-state index contributed by atoms with van der Waals surface area (Å²) in [6.07, 6.45) is 3.31. The molecule has 92 valence electrons. The molecule has 0 N–H and O–H groups in total. The molecule has 0 bridgehead atoms. The molecule has 0 saturated heterocycles. The van der Waals surface area contributed by atoms with E-state index >= 15 is 0 Å². The van der Waals surface area contributed by atoms with Crippen LogP contribution < -0.4 is 0 Å². The van der Waals surface area contributed by atoms with Crippen molar-refractivity contribution in [1.82, 2.24) is 9.78 Å². The van der Waals surface area contributed by atoms with E-state index in [9.17, 15) is 8.42 Å². The van der Waals surface area contributed by atoms with Gasteiger partial charge in [-0.15, -0.1) is 11.3 Å². The molecular weight excluding hydrogens is 324 g/mol. The number of rotatable bonds is 4. The number of aromatic nitrogens is 2. The molecular formula is C10H11BrN2O2S2. The summed E-state index contributed by atoms with van der Waals surface area (Å²) in [6.45, 7) is 0. The van der Waals surface area contributed by atoms with Crippen LogP contribution in [0.1, 0.15) is 10.4 Å². The average molecular weight is 335 g/mol. The molecule has 17 heavy (non-hydrogen) atoms. The second-order valence-corrected chi connectivity index (χ2v) is 7.76. The quantitative estimate of drug-likeness (QED) is 0.862. The molecule has 4 nitrogen and oxygen atoms in total. The van der Waals surface area contributed by atoms with E-state index < -0.39 is 9.84 Å². The fourth-order valence-corrected chi connectivity index (χ4v) is 4.82. The fraction of sp³-hybridized carbons (Fsp3) is 0.300. The molecule has 2 heterocycles. The summed E-state index contributed by atoms with van der Waals surface area (Å²) in [7, 11) is -1.35. The molecule has 0 radical (unpaired) electrons. The lowest BCUT2D eigenvalue weighted by Crippen LogP contribution is -2.06. The van der Waals surface area contributed by atoms with Gasteiger partial charge in [0.05, 0.1) is 17.7 Å². The normalized spacial score (nSPS) is 11.9. The van der Waals surface area contributed by atoms with Crippen LogP contribution >= 0.6 is 27.3 Å².